The molecule has 1 aromatic rings. The SMILES string of the molecule is CCCCCCC(=O)Oc1cccc(OCCC)c1OC(=O)CCCCCC. The number of esters is 2. The molecule has 0 N–H and O–H groups in total. The number of para-hydroxylation sites is 1. The van der Waals surface area contributed by atoms with E-state index >= 15 is 0 Å². The highest BCUT2D eigenvalue weighted by Gasteiger charge is 2.19. The van der Waals surface area contributed by atoms with Gasteiger partial charge in [0.25, 0.3) is 0 Å². The van der Waals surface area contributed by atoms with Crippen molar-refractivity contribution in [2.24, 2.45) is 0 Å². The van der Waals surface area contributed by atoms with Crippen molar-refractivity contribution in [3.05, 3.63) is 18.2 Å². The van der Waals surface area contributed by atoms with Crippen LogP contribution in [0.25, 0.3) is 0 Å². The van der Waals surface area contributed by atoms with E-state index in [0.717, 1.165) is 57.8 Å². The van der Waals surface area contributed by atoms with Gasteiger partial charge in [-0.05, 0) is 31.4 Å². The van der Waals surface area contributed by atoms with Gasteiger partial charge in [0.15, 0.2) is 11.5 Å². The molecule has 0 spiro atoms. The molecular weight excluding hydrogens is 356 g/mol. The molecule has 0 saturated carbocycles. The molecule has 5 nitrogen and oxygen atoms in total. The van der Waals surface area contributed by atoms with Gasteiger partial charge in [0.05, 0.1) is 6.61 Å². The summed E-state index contributed by atoms with van der Waals surface area (Å²) in [6.45, 7) is 6.75. The number of hydrogen-bond acceptors (Lipinski definition) is 5. The normalized spacial score (nSPS) is 10.5. The molecule has 28 heavy (non-hydrogen) atoms. The van der Waals surface area contributed by atoms with Crippen molar-refractivity contribution in [3.8, 4) is 17.2 Å². The number of benzene rings is 1. The van der Waals surface area contributed by atoms with Crippen molar-refractivity contribution in [3.63, 3.8) is 0 Å². The quantitative estimate of drug-likeness (QED) is 0.201. The lowest BCUT2D eigenvalue weighted by Crippen LogP contribution is -2.13. The largest absolute Gasteiger partial charge is 0.490 e. The van der Waals surface area contributed by atoms with Gasteiger partial charge in [-0.1, -0.05) is 65.4 Å². The van der Waals surface area contributed by atoms with Crippen LogP contribution in [0, 0.1) is 0 Å². The molecule has 0 atom stereocenters. The van der Waals surface area contributed by atoms with Crippen LogP contribution in [0.1, 0.15) is 91.4 Å². The standard InChI is InChI=1S/C23H36O5/c1-4-7-9-11-16-21(24)27-20-15-13-14-19(26-18-6-3)23(20)28-22(25)17-12-10-8-5-2/h13-15H,4-12,16-18H2,1-3H3. The maximum atomic E-state index is 12.3. The summed E-state index contributed by atoms with van der Waals surface area (Å²) in [5, 5.41) is 0. The van der Waals surface area contributed by atoms with Crippen LogP contribution in [0.15, 0.2) is 18.2 Å². The molecule has 1 rings (SSSR count). The van der Waals surface area contributed by atoms with Crippen LogP contribution in [-0.4, -0.2) is 18.5 Å². The second-order valence-electron chi connectivity index (χ2n) is 7.00. The molecule has 158 valence electrons. The minimum atomic E-state index is -0.330. The first kappa shape index (κ1) is 24.0. The van der Waals surface area contributed by atoms with Crippen molar-refractivity contribution in [1.82, 2.24) is 0 Å². The zero-order chi connectivity index (χ0) is 20.6. The number of carbonyl (C=O) groups excluding carboxylic acids is 2. The fraction of sp³-hybridized carbons (Fsp3) is 0.652. The molecule has 0 aliphatic carbocycles. The Kier molecular flexibility index (Phi) is 12.8. The third kappa shape index (κ3) is 9.77. The summed E-state index contributed by atoms with van der Waals surface area (Å²) in [6, 6.07) is 5.11. The molecule has 0 saturated heterocycles. The molecule has 0 heterocycles. The molecule has 5 heteroatoms. The topological polar surface area (TPSA) is 61.8 Å². The van der Waals surface area contributed by atoms with Crippen molar-refractivity contribution < 1.29 is 23.8 Å². The number of ether oxygens (including phenoxy) is 3. The molecule has 0 amide bonds. The van der Waals surface area contributed by atoms with Gasteiger partial charge in [0, 0.05) is 12.8 Å². The zero-order valence-corrected chi connectivity index (χ0v) is 17.8. The van der Waals surface area contributed by atoms with Crippen LogP contribution in [0.3, 0.4) is 0 Å². The van der Waals surface area contributed by atoms with Crippen LogP contribution < -0.4 is 14.2 Å². The Bertz CT molecular complexity index is 582. The third-order valence-electron chi connectivity index (χ3n) is 4.31. The van der Waals surface area contributed by atoms with Gasteiger partial charge in [-0.2, -0.15) is 0 Å². The van der Waals surface area contributed by atoms with Gasteiger partial charge in [-0.3, -0.25) is 9.59 Å². The monoisotopic (exact) mass is 392 g/mol. The van der Waals surface area contributed by atoms with E-state index in [-0.39, 0.29) is 23.4 Å². The van der Waals surface area contributed by atoms with E-state index in [4.69, 9.17) is 14.2 Å². The highest BCUT2D eigenvalue weighted by molar-refractivity contribution is 5.77. The number of unbranched alkanes of at least 4 members (excludes halogenated alkanes) is 6. The number of carbonyl (C=O) groups is 2. The minimum absolute atomic E-state index is 0.207. The maximum Gasteiger partial charge on any atom is 0.311 e. The molecule has 0 unspecified atom stereocenters. The van der Waals surface area contributed by atoms with E-state index in [9.17, 15) is 9.59 Å². The maximum absolute atomic E-state index is 12.3. The lowest BCUT2D eigenvalue weighted by atomic mass is 10.1. The highest BCUT2D eigenvalue weighted by Crippen LogP contribution is 2.38. The van der Waals surface area contributed by atoms with Crippen molar-refractivity contribution >= 4 is 11.9 Å². The first-order valence-electron chi connectivity index (χ1n) is 10.8. The Morgan fingerprint density at radius 1 is 0.714 bits per heavy atom. The van der Waals surface area contributed by atoms with Gasteiger partial charge < -0.3 is 14.2 Å². The van der Waals surface area contributed by atoms with Crippen LogP contribution in [-0.2, 0) is 9.59 Å². The molecule has 0 aromatic heterocycles. The van der Waals surface area contributed by atoms with E-state index in [1.807, 2.05) is 6.92 Å². The molecule has 0 bridgehead atoms. The molecular formula is C23H36O5. The minimum Gasteiger partial charge on any atom is -0.490 e. The smallest absolute Gasteiger partial charge is 0.311 e. The number of rotatable bonds is 15. The van der Waals surface area contributed by atoms with Crippen molar-refractivity contribution in [2.75, 3.05) is 6.61 Å². The van der Waals surface area contributed by atoms with Crippen LogP contribution in [0.4, 0.5) is 0 Å². The van der Waals surface area contributed by atoms with E-state index in [0.29, 0.717) is 25.2 Å². The van der Waals surface area contributed by atoms with Gasteiger partial charge in [0.1, 0.15) is 0 Å². The second kappa shape index (κ2) is 14.9. The molecule has 0 aliphatic heterocycles. The Hall–Kier alpha value is -2.04. The molecule has 0 fully saturated rings. The average molecular weight is 393 g/mol. The van der Waals surface area contributed by atoms with E-state index in [2.05, 4.69) is 13.8 Å². The van der Waals surface area contributed by atoms with Crippen LogP contribution >= 0.6 is 0 Å². The highest BCUT2D eigenvalue weighted by atomic mass is 16.6. The Labute approximate surface area is 169 Å². The Balaban J connectivity index is 2.78. The van der Waals surface area contributed by atoms with E-state index in [1.54, 1.807) is 18.2 Å². The van der Waals surface area contributed by atoms with Gasteiger partial charge in [0.2, 0.25) is 5.75 Å². The first-order chi connectivity index (χ1) is 13.6. The zero-order valence-electron chi connectivity index (χ0n) is 17.8. The van der Waals surface area contributed by atoms with E-state index in [1.165, 1.54) is 0 Å². The predicted molar refractivity (Wildman–Crippen MR) is 111 cm³/mol. The van der Waals surface area contributed by atoms with Crippen molar-refractivity contribution in [1.29, 1.82) is 0 Å². The Morgan fingerprint density at radius 3 is 1.86 bits per heavy atom. The third-order valence-corrected chi connectivity index (χ3v) is 4.31. The average Bonchev–Trinajstić information content (AvgIpc) is 2.69. The van der Waals surface area contributed by atoms with Gasteiger partial charge >= 0.3 is 11.9 Å². The summed E-state index contributed by atoms with van der Waals surface area (Å²) in [5.74, 6) is 0.238. The summed E-state index contributed by atoms with van der Waals surface area (Å²) >= 11 is 0. The summed E-state index contributed by atoms with van der Waals surface area (Å²) in [7, 11) is 0. The molecule has 0 radical (unpaired) electrons. The molecule has 1 aromatic carbocycles. The van der Waals surface area contributed by atoms with Crippen LogP contribution in [0.5, 0.6) is 17.2 Å². The fourth-order valence-corrected chi connectivity index (χ4v) is 2.73. The second-order valence-corrected chi connectivity index (χ2v) is 7.00. The molecule has 0 aliphatic rings. The van der Waals surface area contributed by atoms with E-state index < -0.39 is 0 Å². The lowest BCUT2D eigenvalue weighted by Gasteiger charge is -2.15. The summed E-state index contributed by atoms with van der Waals surface area (Å²) in [5.41, 5.74) is 0. The summed E-state index contributed by atoms with van der Waals surface area (Å²) in [4.78, 5) is 24.4. The summed E-state index contributed by atoms with van der Waals surface area (Å²) in [6.07, 6.45) is 9.54. The first-order valence-corrected chi connectivity index (χ1v) is 10.8. The Morgan fingerprint density at radius 2 is 1.29 bits per heavy atom. The summed E-state index contributed by atoms with van der Waals surface area (Å²) < 4.78 is 16.7. The number of hydrogen-bond donors (Lipinski definition) is 0. The predicted octanol–water partition coefficient (Wildman–Crippen LogP) is 6.23. The fourth-order valence-electron chi connectivity index (χ4n) is 2.73. The lowest BCUT2D eigenvalue weighted by molar-refractivity contribution is -0.137. The van der Waals surface area contributed by atoms with Gasteiger partial charge in [-0.15, -0.1) is 0 Å². The van der Waals surface area contributed by atoms with Crippen LogP contribution in [0.2, 0.25) is 0 Å². The van der Waals surface area contributed by atoms with Crippen molar-refractivity contribution in [2.45, 2.75) is 91.4 Å². The van der Waals surface area contributed by atoms with Gasteiger partial charge in [-0.25, -0.2) is 0 Å².